The van der Waals surface area contributed by atoms with E-state index in [1.165, 1.54) is 4.90 Å². The summed E-state index contributed by atoms with van der Waals surface area (Å²) in [5.74, 6) is -1.95. The van der Waals surface area contributed by atoms with Crippen molar-refractivity contribution in [3.05, 3.63) is 77.9 Å². The average Bonchev–Trinajstić information content (AvgIpc) is 3.53. The van der Waals surface area contributed by atoms with Gasteiger partial charge in [-0.15, -0.1) is 0 Å². The molecule has 7 heteroatoms. The summed E-state index contributed by atoms with van der Waals surface area (Å²) >= 11 is 0. The van der Waals surface area contributed by atoms with Gasteiger partial charge < -0.3 is 10.1 Å². The summed E-state index contributed by atoms with van der Waals surface area (Å²) in [7, 11) is 0. The van der Waals surface area contributed by atoms with Gasteiger partial charge in [-0.2, -0.15) is 0 Å². The number of esters is 1. The van der Waals surface area contributed by atoms with E-state index < -0.39 is 17.9 Å². The Kier molecular flexibility index (Phi) is 5.77. The van der Waals surface area contributed by atoms with Gasteiger partial charge in [0.2, 0.25) is 17.7 Å². The summed E-state index contributed by atoms with van der Waals surface area (Å²) in [5.41, 5.74) is 1.71. The zero-order valence-corrected chi connectivity index (χ0v) is 18.8. The van der Waals surface area contributed by atoms with E-state index in [-0.39, 0.29) is 48.5 Å². The van der Waals surface area contributed by atoms with Crippen LogP contribution in [0, 0.1) is 23.7 Å². The number of fused-ring (bicyclic) bond motifs is 5. The second-order valence-electron chi connectivity index (χ2n) is 9.04. The predicted octanol–water partition coefficient (Wildman–Crippen LogP) is 3.22. The molecule has 174 valence electrons. The maximum atomic E-state index is 13.5. The predicted molar refractivity (Wildman–Crippen MR) is 125 cm³/mol. The number of hydrogen-bond donors (Lipinski definition) is 1. The zero-order valence-electron chi connectivity index (χ0n) is 18.8. The van der Waals surface area contributed by atoms with Gasteiger partial charge in [-0.25, -0.2) is 4.79 Å². The first-order chi connectivity index (χ1) is 16.5. The van der Waals surface area contributed by atoms with Crippen LogP contribution in [0.4, 0.5) is 5.69 Å². The van der Waals surface area contributed by atoms with Crippen LogP contribution >= 0.6 is 0 Å². The molecule has 0 radical (unpaired) electrons. The number of rotatable bonds is 7. The molecular formula is C27H26N2O5. The highest BCUT2D eigenvalue weighted by Gasteiger charge is 2.61. The van der Waals surface area contributed by atoms with E-state index in [4.69, 9.17) is 4.74 Å². The molecule has 1 saturated heterocycles. The topological polar surface area (TPSA) is 92.8 Å². The Balaban J connectivity index is 1.39. The lowest BCUT2D eigenvalue weighted by Gasteiger charge is -2.27. The van der Waals surface area contributed by atoms with Crippen molar-refractivity contribution >= 4 is 29.4 Å². The standard InChI is InChI=1S/C27H26N2O5/c1-2-34-27(33)17-10-12-20(13-11-17)28-24(30)21(14-16-6-4-3-5-7-16)29-25(31)22-18-8-9-19(15-18)23(22)26(29)32/h3-13,18-19,21-23H,2,14-15H2,1H3,(H,28,30)/t18-,19+,21-,22-,23-/m0/s1. The number of nitrogens with one attached hydrogen (secondary N) is 1. The SMILES string of the molecule is CCOC(=O)c1ccc(NC(=O)[C@H](Cc2ccccc2)N2C(=O)[C@@H]3[C@@H](C2=O)[C@H]2C=C[C@@H]3C2)cc1. The van der Waals surface area contributed by atoms with Gasteiger partial charge in [-0.3, -0.25) is 19.3 Å². The molecular weight excluding hydrogens is 432 g/mol. The van der Waals surface area contributed by atoms with E-state index in [9.17, 15) is 19.2 Å². The lowest BCUT2D eigenvalue weighted by Crippen LogP contribution is -2.49. The summed E-state index contributed by atoms with van der Waals surface area (Å²) in [4.78, 5) is 53.3. The Bertz CT molecular complexity index is 1130. The molecule has 1 aliphatic heterocycles. The maximum absolute atomic E-state index is 13.5. The molecule has 0 spiro atoms. The highest BCUT2D eigenvalue weighted by Crippen LogP contribution is 2.53. The third-order valence-electron chi connectivity index (χ3n) is 7.05. The molecule has 2 aliphatic carbocycles. The van der Waals surface area contributed by atoms with Gasteiger partial charge in [-0.05, 0) is 55.0 Å². The van der Waals surface area contributed by atoms with Crippen LogP contribution in [0.15, 0.2) is 66.7 Å². The third kappa shape index (κ3) is 3.81. The molecule has 0 unspecified atom stereocenters. The molecule has 1 heterocycles. The van der Waals surface area contributed by atoms with Crippen LogP contribution < -0.4 is 5.32 Å². The Morgan fingerprint density at radius 3 is 2.18 bits per heavy atom. The Morgan fingerprint density at radius 2 is 1.59 bits per heavy atom. The fraction of sp³-hybridized carbons (Fsp3) is 0.333. The first-order valence-electron chi connectivity index (χ1n) is 11.6. The minimum absolute atomic E-state index is 0.0762. The largest absolute Gasteiger partial charge is 0.462 e. The molecule has 2 aromatic rings. The van der Waals surface area contributed by atoms with Crippen molar-refractivity contribution in [1.82, 2.24) is 4.90 Å². The molecule has 2 bridgehead atoms. The number of nitrogens with zero attached hydrogens (tertiary/aromatic N) is 1. The van der Waals surface area contributed by atoms with Crippen LogP contribution in [0.5, 0.6) is 0 Å². The highest BCUT2D eigenvalue weighted by atomic mass is 16.5. The van der Waals surface area contributed by atoms with Crippen molar-refractivity contribution in [2.24, 2.45) is 23.7 Å². The van der Waals surface area contributed by atoms with Crippen molar-refractivity contribution in [2.45, 2.75) is 25.8 Å². The number of carbonyl (C=O) groups excluding carboxylic acids is 4. The third-order valence-corrected chi connectivity index (χ3v) is 7.05. The monoisotopic (exact) mass is 458 g/mol. The van der Waals surface area contributed by atoms with Crippen molar-refractivity contribution in [2.75, 3.05) is 11.9 Å². The fourth-order valence-electron chi connectivity index (χ4n) is 5.50. The summed E-state index contributed by atoms with van der Waals surface area (Å²) in [5, 5.41) is 2.83. The van der Waals surface area contributed by atoms with Crippen LogP contribution in [-0.4, -0.2) is 41.2 Å². The van der Waals surface area contributed by atoms with E-state index in [1.54, 1.807) is 31.2 Å². The highest BCUT2D eigenvalue weighted by molar-refractivity contribution is 6.11. The van der Waals surface area contributed by atoms with Gasteiger partial charge in [0.15, 0.2) is 0 Å². The number of amides is 3. The number of benzene rings is 2. The van der Waals surface area contributed by atoms with E-state index >= 15 is 0 Å². The Labute approximate surface area is 197 Å². The fourth-order valence-corrected chi connectivity index (χ4v) is 5.50. The molecule has 2 aromatic carbocycles. The van der Waals surface area contributed by atoms with Crippen LogP contribution in [0.2, 0.25) is 0 Å². The summed E-state index contributed by atoms with van der Waals surface area (Å²) in [6, 6.07) is 14.8. The van der Waals surface area contributed by atoms with Gasteiger partial charge in [0.25, 0.3) is 0 Å². The molecule has 5 atom stereocenters. The zero-order chi connectivity index (χ0) is 23.8. The van der Waals surface area contributed by atoms with Gasteiger partial charge in [0, 0.05) is 12.1 Å². The summed E-state index contributed by atoms with van der Waals surface area (Å²) in [6.45, 7) is 2.01. The van der Waals surface area contributed by atoms with Crippen molar-refractivity contribution in [3.63, 3.8) is 0 Å². The minimum Gasteiger partial charge on any atom is -0.462 e. The quantitative estimate of drug-likeness (QED) is 0.391. The molecule has 3 amide bonds. The van der Waals surface area contributed by atoms with Gasteiger partial charge >= 0.3 is 5.97 Å². The maximum Gasteiger partial charge on any atom is 0.338 e. The number of imide groups is 1. The van der Waals surface area contributed by atoms with Gasteiger partial charge in [-0.1, -0.05) is 42.5 Å². The molecule has 1 N–H and O–H groups in total. The second kappa shape index (κ2) is 8.89. The van der Waals surface area contributed by atoms with E-state index in [1.807, 2.05) is 42.5 Å². The van der Waals surface area contributed by atoms with Crippen molar-refractivity contribution < 1.29 is 23.9 Å². The Morgan fingerprint density at radius 1 is 0.971 bits per heavy atom. The Hall–Kier alpha value is -3.74. The summed E-state index contributed by atoms with van der Waals surface area (Å²) in [6.07, 6.45) is 5.14. The molecule has 3 aliphatic rings. The number of likely N-dealkylation sites (tertiary alicyclic amines) is 1. The second-order valence-corrected chi connectivity index (χ2v) is 9.04. The molecule has 1 saturated carbocycles. The van der Waals surface area contributed by atoms with Crippen LogP contribution in [-0.2, 0) is 25.5 Å². The molecule has 2 fully saturated rings. The first kappa shape index (κ1) is 22.1. The molecule has 5 rings (SSSR count). The molecule has 0 aromatic heterocycles. The number of ether oxygens (including phenoxy) is 1. The average molecular weight is 459 g/mol. The lowest BCUT2D eigenvalue weighted by atomic mass is 9.85. The smallest absolute Gasteiger partial charge is 0.338 e. The molecule has 34 heavy (non-hydrogen) atoms. The van der Waals surface area contributed by atoms with Crippen molar-refractivity contribution in [3.8, 4) is 0 Å². The van der Waals surface area contributed by atoms with Crippen LogP contribution in [0.1, 0.15) is 29.3 Å². The molecule has 7 nitrogen and oxygen atoms in total. The number of anilines is 1. The minimum atomic E-state index is -0.961. The van der Waals surface area contributed by atoms with Gasteiger partial charge in [0.05, 0.1) is 24.0 Å². The van der Waals surface area contributed by atoms with E-state index in [0.717, 1.165) is 12.0 Å². The number of carbonyl (C=O) groups is 4. The van der Waals surface area contributed by atoms with Gasteiger partial charge in [0.1, 0.15) is 6.04 Å². The van der Waals surface area contributed by atoms with Crippen LogP contribution in [0.25, 0.3) is 0 Å². The van der Waals surface area contributed by atoms with E-state index in [2.05, 4.69) is 5.32 Å². The first-order valence-corrected chi connectivity index (χ1v) is 11.6. The lowest BCUT2D eigenvalue weighted by molar-refractivity contribution is -0.147. The number of allylic oxidation sites excluding steroid dienone is 2. The van der Waals surface area contributed by atoms with Crippen LogP contribution in [0.3, 0.4) is 0 Å². The number of hydrogen-bond acceptors (Lipinski definition) is 5. The van der Waals surface area contributed by atoms with Crippen molar-refractivity contribution in [1.29, 1.82) is 0 Å². The van der Waals surface area contributed by atoms with E-state index in [0.29, 0.717) is 11.3 Å². The normalized spacial score (nSPS) is 25.4. The summed E-state index contributed by atoms with van der Waals surface area (Å²) < 4.78 is 4.99.